The maximum absolute atomic E-state index is 12.2. The molecular weight excluding hydrogens is 412 g/mol. The van der Waals surface area contributed by atoms with Gasteiger partial charge in [0.1, 0.15) is 0 Å². The smallest absolute Gasteiger partial charge is 0.363 e. The minimum absolute atomic E-state index is 0.00935. The van der Waals surface area contributed by atoms with E-state index in [0.29, 0.717) is 40.2 Å². The van der Waals surface area contributed by atoms with Gasteiger partial charge >= 0.3 is 5.97 Å². The average molecular weight is 431 g/mol. The Hall–Kier alpha value is -3.39. The van der Waals surface area contributed by atoms with E-state index in [2.05, 4.69) is 4.99 Å². The van der Waals surface area contributed by atoms with Gasteiger partial charge < -0.3 is 14.2 Å². The van der Waals surface area contributed by atoms with Gasteiger partial charge in [0.2, 0.25) is 5.90 Å². The SMILES string of the molecule is COc1cc(/C=C2\N=C(c3cccc([N+](=O)[O-])c3)OC2=O)cc(Cl)c1OCC(C)C. The van der Waals surface area contributed by atoms with Gasteiger partial charge in [-0.15, -0.1) is 0 Å². The Kier molecular flexibility index (Phi) is 6.37. The van der Waals surface area contributed by atoms with E-state index in [1.807, 2.05) is 13.8 Å². The fourth-order valence-corrected chi connectivity index (χ4v) is 2.93. The van der Waals surface area contributed by atoms with Crippen LogP contribution in [0.25, 0.3) is 6.08 Å². The highest BCUT2D eigenvalue weighted by Crippen LogP contribution is 2.37. The van der Waals surface area contributed by atoms with E-state index in [9.17, 15) is 14.9 Å². The lowest BCUT2D eigenvalue weighted by molar-refractivity contribution is -0.384. The zero-order valence-corrected chi connectivity index (χ0v) is 17.3. The highest BCUT2D eigenvalue weighted by atomic mass is 35.5. The fourth-order valence-electron chi connectivity index (χ4n) is 2.66. The predicted octanol–water partition coefficient (Wildman–Crippen LogP) is 4.64. The molecule has 1 heterocycles. The van der Waals surface area contributed by atoms with Crippen LogP contribution < -0.4 is 9.47 Å². The topological polar surface area (TPSA) is 100 Å². The molecule has 0 saturated heterocycles. The third-order valence-corrected chi connectivity index (χ3v) is 4.32. The van der Waals surface area contributed by atoms with Crippen LogP contribution in [0.3, 0.4) is 0 Å². The number of aliphatic imine (C=N–C) groups is 1. The molecule has 0 aliphatic carbocycles. The Labute approximate surface area is 177 Å². The van der Waals surface area contributed by atoms with Crippen molar-refractivity contribution in [2.45, 2.75) is 13.8 Å². The van der Waals surface area contributed by atoms with E-state index in [0.717, 1.165) is 0 Å². The van der Waals surface area contributed by atoms with Gasteiger partial charge in [0.25, 0.3) is 5.69 Å². The molecule has 0 unspecified atom stereocenters. The number of halogens is 1. The van der Waals surface area contributed by atoms with Crippen LogP contribution in [0.2, 0.25) is 5.02 Å². The Morgan fingerprint density at radius 3 is 2.73 bits per heavy atom. The number of nitrogens with zero attached hydrogens (tertiary/aromatic N) is 2. The molecule has 9 heteroatoms. The number of non-ortho nitro benzene ring substituents is 1. The standard InChI is InChI=1S/C21H19ClN2O6/c1-12(2)11-29-19-16(22)7-13(9-18(19)28-3)8-17-21(25)30-20(23-17)14-5-4-6-15(10-14)24(26)27/h4-10,12H,11H2,1-3H3/b17-8-. The lowest BCUT2D eigenvalue weighted by Gasteiger charge is -2.14. The summed E-state index contributed by atoms with van der Waals surface area (Å²) in [5.74, 6) is 0.466. The fraction of sp³-hybridized carbons (Fsp3) is 0.238. The number of nitro groups is 1. The molecule has 1 aliphatic rings. The lowest BCUT2D eigenvalue weighted by Crippen LogP contribution is -2.06. The number of methoxy groups -OCH3 is 1. The minimum atomic E-state index is -0.674. The number of hydrogen-bond acceptors (Lipinski definition) is 7. The third-order valence-electron chi connectivity index (χ3n) is 4.04. The molecule has 0 fully saturated rings. The first-order valence-electron chi connectivity index (χ1n) is 9.06. The molecule has 2 aromatic rings. The summed E-state index contributed by atoms with van der Waals surface area (Å²) in [6, 6.07) is 8.99. The lowest BCUT2D eigenvalue weighted by atomic mass is 10.1. The van der Waals surface area contributed by atoms with Crippen LogP contribution in [0.1, 0.15) is 25.0 Å². The van der Waals surface area contributed by atoms with E-state index in [1.54, 1.807) is 18.2 Å². The average Bonchev–Trinajstić information content (AvgIpc) is 3.07. The van der Waals surface area contributed by atoms with Gasteiger partial charge in [-0.1, -0.05) is 31.5 Å². The zero-order valence-electron chi connectivity index (χ0n) is 16.5. The first kappa shape index (κ1) is 21.3. The van der Waals surface area contributed by atoms with Crippen LogP contribution in [0, 0.1) is 16.0 Å². The maximum atomic E-state index is 12.2. The molecule has 156 valence electrons. The monoisotopic (exact) mass is 430 g/mol. The Morgan fingerprint density at radius 2 is 2.07 bits per heavy atom. The van der Waals surface area contributed by atoms with Crippen molar-refractivity contribution in [2.75, 3.05) is 13.7 Å². The van der Waals surface area contributed by atoms with Gasteiger partial charge in [0.15, 0.2) is 17.2 Å². The number of esters is 1. The largest absolute Gasteiger partial charge is 0.493 e. The van der Waals surface area contributed by atoms with Crippen molar-refractivity contribution in [1.82, 2.24) is 0 Å². The van der Waals surface area contributed by atoms with Gasteiger partial charge in [-0.25, -0.2) is 9.79 Å². The second-order valence-electron chi connectivity index (χ2n) is 6.88. The minimum Gasteiger partial charge on any atom is -0.493 e. The van der Waals surface area contributed by atoms with Gasteiger partial charge in [-0.05, 0) is 35.8 Å². The van der Waals surface area contributed by atoms with E-state index < -0.39 is 10.9 Å². The van der Waals surface area contributed by atoms with Crippen LogP contribution in [0.4, 0.5) is 5.69 Å². The summed E-state index contributed by atoms with van der Waals surface area (Å²) >= 11 is 6.34. The van der Waals surface area contributed by atoms with Crippen LogP contribution in [-0.2, 0) is 9.53 Å². The van der Waals surface area contributed by atoms with E-state index in [1.165, 1.54) is 31.4 Å². The summed E-state index contributed by atoms with van der Waals surface area (Å²) in [5, 5.41) is 11.3. The number of cyclic esters (lactones) is 1. The number of carbonyl (C=O) groups is 1. The van der Waals surface area contributed by atoms with Crippen molar-refractivity contribution in [3.8, 4) is 11.5 Å². The van der Waals surface area contributed by atoms with Gasteiger partial charge in [0.05, 0.1) is 23.7 Å². The molecule has 0 amide bonds. The predicted molar refractivity (Wildman–Crippen MR) is 112 cm³/mol. The van der Waals surface area contributed by atoms with Crippen molar-refractivity contribution >= 4 is 35.2 Å². The molecule has 30 heavy (non-hydrogen) atoms. The summed E-state index contributed by atoms with van der Waals surface area (Å²) in [4.78, 5) is 26.8. The Morgan fingerprint density at radius 1 is 1.30 bits per heavy atom. The molecule has 3 rings (SSSR count). The Balaban J connectivity index is 1.92. The molecule has 2 aromatic carbocycles. The van der Waals surface area contributed by atoms with Crippen molar-refractivity contribution < 1.29 is 23.9 Å². The molecule has 0 bridgehead atoms. The van der Waals surface area contributed by atoms with Gasteiger partial charge in [0, 0.05) is 17.7 Å². The Bertz CT molecular complexity index is 1060. The van der Waals surface area contributed by atoms with Crippen molar-refractivity contribution in [3.05, 3.63) is 68.4 Å². The van der Waals surface area contributed by atoms with Gasteiger partial charge in [-0.3, -0.25) is 10.1 Å². The van der Waals surface area contributed by atoms with E-state index in [4.69, 9.17) is 25.8 Å². The van der Waals surface area contributed by atoms with Crippen LogP contribution in [-0.4, -0.2) is 30.5 Å². The quantitative estimate of drug-likeness (QED) is 0.274. The molecule has 0 aromatic heterocycles. The van der Waals surface area contributed by atoms with Crippen LogP contribution in [0.15, 0.2) is 47.1 Å². The number of ether oxygens (including phenoxy) is 3. The molecular formula is C21H19ClN2O6. The van der Waals surface area contributed by atoms with E-state index >= 15 is 0 Å². The van der Waals surface area contributed by atoms with Crippen LogP contribution >= 0.6 is 11.6 Å². The second-order valence-corrected chi connectivity index (χ2v) is 7.29. The highest BCUT2D eigenvalue weighted by molar-refractivity contribution is 6.32. The molecule has 1 aliphatic heterocycles. The zero-order chi connectivity index (χ0) is 21.8. The number of nitro benzene ring substituents is 1. The van der Waals surface area contributed by atoms with Crippen molar-refractivity contribution in [2.24, 2.45) is 10.9 Å². The highest BCUT2D eigenvalue weighted by Gasteiger charge is 2.25. The number of carbonyl (C=O) groups excluding carboxylic acids is 1. The summed E-state index contributed by atoms with van der Waals surface area (Å²) in [6.07, 6.45) is 1.49. The number of rotatable bonds is 7. The van der Waals surface area contributed by atoms with Gasteiger partial charge in [-0.2, -0.15) is 0 Å². The molecule has 0 atom stereocenters. The summed E-state index contributed by atoms with van der Waals surface area (Å²) in [6.45, 7) is 4.50. The second kappa shape index (κ2) is 8.96. The summed E-state index contributed by atoms with van der Waals surface area (Å²) in [7, 11) is 1.49. The normalized spacial score (nSPS) is 14.6. The van der Waals surface area contributed by atoms with Crippen molar-refractivity contribution in [3.63, 3.8) is 0 Å². The third kappa shape index (κ3) is 4.77. The molecule has 0 radical (unpaired) electrons. The first-order chi connectivity index (χ1) is 14.3. The van der Waals surface area contributed by atoms with Crippen LogP contribution in [0.5, 0.6) is 11.5 Å². The van der Waals surface area contributed by atoms with E-state index in [-0.39, 0.29) is 17.3 Å². The first-order valence-corrected chi connectivity index (χ1v) is 9.44. The number of benzene rings is 2. The number of hydrogen-bond donors (Lipinski definition) is 0. The molecule has 0 spiro atoms. The molecule has 0 N–H and O–H groups in total. The summed E-state index contributed by atoms with van der Waals surface area (Å²) < 4.78 is 16.3. The molecule has 8 nitrogen and oxygen atoms in total. The summed E-state index contributed by atoms with van der Waals surface area (Å²) in [5.41, 5.74) is 0.793. The molecule has 0 saturated carbocycles. The maximum Gasteiger partial charge on any atom is 0.363 e. The van der Waals surface area contributed by atoms with Crippen molar-refractivity contribution in [1.29, 1.82) is 0 Å².